The summed E-state index contributed by atoms with van der Waals surface area (Å²) >= 11 is 0. The van der Waals surface area contributed by atoms with Crippen molar-refractivity contribution in [3.05, 3.63) is 29.6 Å². The summed E-state index contributed by atoms with van der Waals surface area (Å²) in [5.74, 6) is -1.07. The molecule has 0 fully saturated rings. The first kappa shape index (κ1) is 16.9. The van der Waals surface area contributed by atoms with Crippen molar-refractivity contribution in [3.8, 4) is 0 Å². The van der Waals surface area contributed by atoms with Gasteiger partial charge in [-0.25, -0.2) is 14.6 Å². The Labute approximate surface area is 123 Å². The molecule has 2 N–H and O–H groups in total. The second-order valence-electron chi connectivity index (χ2n) is 4.29. The average molecular weight is 295 g/mol. The third kappa shape index (κ3) is 5.78. The number of pyridine rings is 1. The number of urea groups is 1. The van der Waals surface area contributed by atoms with Crippen LogP contribution in [0.2, 0.25) is 0 Å². The minimum absolute atomic E-state index is 0.0167. The summed E-state index contributed by atoms with van der Waals surface area (Å²) in [6, 6.07) is 2.86. The Balaban J connectivity index is 2.45. The van der Waals surface area contributed by atoms with Crippen molar-refractivity contribution in [2.75, 3.05) is 26.3 Å². The fraction of sp³-hybridized carbons (Fsp3) is 0.500. The Bertz CT molecular complexity index is 462. The molecule has 0 spiro atoms. The van der Waals surface area contributed by atoms with Crippen molar-refractivity contribution in [1.29, 1.82) is 0 Å². The number of nitrogens with zero attached hydrogens (tertiary/aromatic N) is 2. The number of rotatable bonds is 8. The molecular formula is C14H21N3O4. The van der Waals surface area contributed by atoms with Gasteiger partial charge in [-0.15, -0.1) is 0 Å². The molecule has 21 heavy (non-hydrogen) atoms. The molecule has 7 heteroatoms. The van der Waals surface area contributed by atoms with E-state index >= 15 is 0 Å². The highest BCUT2D eigenvalue weighted by molar-refractivity contribution is 5.85. The van der Waals surface area contributed by atoms with Gasteiger partial charge in [0.1, 0.15) is 5.69 Å². The van der Waals surface area contributed by atoms with Crippen LogP contribution < -0.4 is 5.32 Å². The number of hydrogen-bond acceptors (Lipinski definition) is 4. The zero-order chi connectivity index (χ0) is 15.7. The molecule has 0 aliphatic rings. The van der Waals surface area contributed by atoms with Crippen LogP contribution in [0.4, 0.5) is 4.79 Å². The summed E-state index contributed by atoms with van der Waals surface area (Å²) in [5, 5.41) is 11.5. The van der Waals surface area contributed by atoms with Gasteiger partial charge >= 0.3 is 12.0 Å². The molecule has 7 nitrogen and oxygen atoms in total. The van der Waals surface area contributed by atoms with Crippen LogP contribution in [0.3, 0.4) is 0 Å². The van der Waals surface area contributed by atoms with Crippen LogP contribution in [0.25, 0.3) is 0 Å². The molecule has 1 aromatic rings. The Hall–Kier alpha value is -2.15. The van der Waals surface area contributed by atoms with E-state index < -0.39 is 5.97 Å². The van der Waals surface area contributed by atoms with Gasteiger partial charge in [-0.1, -0.05) is 6.07 Å². The maximum Gasteiger partial charge on any atom is 0.354 e. The fourth-order valence-corrected chi connectivity index (χ4v) is 1.67. The van der Waals surface area contributed by atoms with E-state index in [9.17, 15) is 9.59 Å². The number of aromatic nitrogens is 1. The molecular weight excluding hydrogens is 274 g/mol. The van der Waals surface area contributed by atoms with Gasteiger partial charge in [0.05, 0.1) is 6.61 Å². The van der Waals surface area contributed by atoms with E-state index in [0.29, 0.717) is 32.8 Å². The van der Waals surface area contributed by atoms with Crippen LogP contribution in [0, 0.1) is 0 Å². The van der Waals surface area contributed by atoms with Crippen molar-refractivity contribution >= 4 is 12.0 Å². The van der Waals surface area contributed by atoms with Crippen molar-refractivity contribution < 1.29 is 19.4 Å². The van der Waals surface area contributed by atoms with Crippen molar-refractivity contribution in [2.45, 2.75) is 20.4 Å². The van der Waals surface area contributed by atoms with E-state index in [4.69, 9.17) is 9.84 Å². The number of carbonyl (C=O) groups excluding carboxylic acids is 1. The van der Waals surface area contributed by atoms with Crippen LogP contribution in [0.1, 0.15) is 29.9 Å². The second-order valence-corrected chi connectivity index (χ2v) is 4.29. The Morgan fingerprint density at radius 2 is 2.14 bits per heavy atom. The zero-order valence-electron chi connectivity index (χ0n) is 12.3. The molecule has 0 radical (unpaired) electrons. The minimum atomic E-state index is -1.07. The first-order valence-corrected chi connectivity index (χ1v) is 6.87. The molecule has 2 amide bonds. The number of amides is 2. The predicted molar refractivity (Wildman–Crippen MR) is 77.2 cm³/mol. The number of likely N-dealkylation sites (N-methyl/N-ethyl adjacent to an activating group) is 1. The molecule has 1 aromatic heterocycles. The van der Waals surface area contributed by atoms with Crippen molar-refractivity contribution in [1.82, 2.24) is 15.2 Å². The molecule has 1 heterocycles. The highest BCUT2D eigenvalue weighted by atomic mass is 16.5. The largest absolute Gasteiger partial charge is 0.477 e. The van der Waals surface area contributed by atoms with E-state index in [2.05, 4.69) is 10.3 Å². The lowest BCUT2D eigenvalue weighted by Crippen LogP contribution is -2.41. The van der Waals surface area contributed by atoms with E-state index in [-0.39, 0.29) is 11.7 Å². The van der Waals surface area contributed by atoms with E-state index in [1.165, 1.54) is 12.3 Å². The molecule has 0 aliphatic carbocycles. The van der Waals surface area contributed by atoms with Gasteiger partial charge in [0.15, 0.2) is 0 Å². The first-order chi connectivity index (χ1) is 10.1. The van der Waals surface area contributed by atoms with Crippen molar-refractivity contribution in [3.63, 3.8) is 0 Å². The number of nitrogens with one attached hydrogen (secondary N) is 1. The summed E-state index contributed by atoms with van der Waals surface area (Å²) in [5.41, 5.74) is 0.728. The lowest BCUT2D eigenvalue weighted by molar-refractivity contribution is 0.0690. The van der Waals surface area contributed by atoms with Gasteiger partial charge in [-0.3, -0.25) is 0 Å². The normalized spacial score (nSPS) is 10.2. The van der Waals surface area contributed by atoms with Crippen LogP contribution in [-0.4, -0.2) is 53.3 Å². The van der Waals surface area contributed by atoms with E-state index in [0.717, 1.165) is 5.56 Å². The van der Waals surface area contributed by atoms with Gasteiger partial charge in [0.2, 0.25) is 0 Å². The standard InChI is InChI=1S/C14H21N3O4/c1-3-17(7-8-21-4-2)14(20)16-10-11-5-6-12(13(18)19)15-9-11/h5-6,9H,3-4,7-8,10H2,1-2H3,(H,16,20)(H,18,19). The average Bonchev–Trinajstić information content (AvgIpc) is 2.49. The topological polar surface area (TPSA) is 91.8 Å². The molecule has 1 rings (SSSR count). The fourth-order valence-electron chi connectivity index (χ4n) is 1.67. The SMILES string of the molecule is CCOCCN(CC)C(=O)NCc1ccc(C(=O)O)nc1. The lowest BCUT2D eigenvalue weighted by Gasteiger charge is -2.21. The number of aromatic carboxylic acids is 1. The summed E-state index contributed by atoms with van der Waals surface area (Å²) < 4.78 is 5.23. The van der Waals surface area contributed by atoms with Crippen LogP contribution in [-0.2, 0) is 11.3 Å². The molecule has 0 aliphatic heterocycles. The lowest BCUT2D eigenvalue weighted by atomic mass is 10.2. The second kappa shape index (κ2) is 8.91. The van der Waals surface area contributed by atoms with E-state index in [1.54, 1.807) is 11.0 Å². The van der Waals surface area contributed by atoms with Crippen molar-refractivity contribution in [2.24, 2.45) is 0 Å². The minimum Gasteiger partial charge on any atom is -0.477 e. The maximum atomic E-state index is 12.0. The Kier molecular flexibility index (Phi) is 7.17. The third-order valence-electron chi connectivity index (χ3n) is 2.87. The van der Waals surface area contributed by atoms with Crippen LogP contribution in [0.5, 0.6) is 0 Å². The monoisotopic (exact) mass is 295 g/mol. The van der Waals surface area contributed by atoms with E-state index in [1.807, 2.05) is 13.8 Å². The van der Waals surface area contributed by atoms with Gasteiger partial charge in [-0.05, 0) is 25.5 Å². The molecule has 0 unspecified atom stereocenters. The number of carbonyl (C=O) groups is 2. The highest BCUT2D eigenvalue weighted by Gasteiger charge is 2.11. The quantitative estimate of drug-likeness (QED) is 0.706. The third-order valence-corrected chi connectivity index (χ3v) is 2.87. The Morgan fingerprint density at radius 1 is 1.38 bits per heavy atom. The highest BCUT2D eigenvalue weighted by Crippen LogP contribution is 2.01. The molecule has 0 saturated heterocycles. The summed E-state index contributed by atoms with van der Waals surface area (Å²) in [6.07, 6.45) is 1.44. The van der Waals surface area contributed by atoms with Crippen LogP contribution >= 0.6 is 0 Å². The zero-order valence-corrected chi connectivity index (χ0v) is 12.3. The smallest absolute Gasteiger partial charge is 0.354 e. The maximum absolute atomic E-state index is 12.0. The number of ether oxygens (including phenoxy) is 1. The summed E-state index contributed by atoms with van der Waals surface area (Å²) in [6.45, 7) is 6.37. The Morgan fingerprint density at radius 3 is 2.67 bits per heavy atom. The van der Waals surface area contributed by atoms with Gasteiger partial charge in [0, 0.05) is 32.4 Å². The molecule has 0 saturated carbocycles. The van der Waals surface area contributed by atoms with Crippen LogP contribution in [0.15, 0.2) is 18.3 Å². The summed E-state index contributed by atoms with van der Waals surface area (Å²) in [4.78, 5) is 28.1. The van der Waals surface area contributed by atoms with Gasteiger partial charge < -0.3 is 20.1 Å². The predicted octanol–water partition coefficient (Wildman–Crippen LogP) is 1.35. The summed E-state index contributed by atoms with van der Waals surface area (Å²) in [7, 11) is 0. The number of hydrogen-bond donors (Lipinski definition) is 2. The van der Waals surface area contributed by atoms with Gasteiger partial charge in [0.25, 0.3) is 0 Å². The van der Waals surface area contributed by atoms with Gasteiger partial charge in [-0.2, -0.15) is 0 Å². The molecule has 116 valence electrons. The number of carboxylic acids is 1. The first-order valence-electron chi connectivity index (χ1n) is 6.87. The number of carboxylic acid groups (broad SMARTS) is 1. The molecule has 0 bridgehead atoms. The molecule has 0 aromatic carbocycles. The molecule has 0 atom stereocenters.